The molecule has 0 unspecified atom stereocenters. The van der Waals surface area contributed by atoms with Gasteiger partial charge in [0.15, 0.2) is 0 Å². The Kier molecular flexibility index (Phi) is 5.48. The largest absolute Gasteiger partial charge is 0.405 e. The fourth-order valence-electron chi connectivity index (χ4n) is 0.653. The van der Waals surface area contributed by atoms with Crippen molar-refractivity contribution in [3.05, 3.63) is 36.6 Å². The summed E-state index contributed by atoms with van der Waals surface area (Å²) >= 11 is 0. The van der Waals surface area contributed by atoms with Crippen LogP contribution in [0.3, 0.4) is 0 Å². The van der Waals surface area contributed by atoms with E-state index in [2.05, 4.69) is 11.9 Å². The third-order valence-corrected chi connectivity index (χ3v) is 1.02. The van der Waals surface area contributed by atoms with Crippen LogP contribution in [0.4, 0.5) is 0 Å². The summed E-state index contributed by atoms with van der Waals surface area (Å²) in [6.45, 7) is 4.41. The Morgan fingerprint density at radius 3 is 2.80 bits per heavy atom. The second-order valence-electron chi connectivity index (χ2n) is 1.87. The van der Waals surface area contributed by atoms with Crippen LogP contribution in [0, 0.1) is 0 Å². The molecular weight excluding hydrogens is 124 g/mol. The molecule has 0 radical (unpaired) electrons. The van der Waals surface area contributed by atoms with E-state index in [0.717, 1.165) is 12.1 Å². The van der Waals surface area contributed by atoms with E-state index in [4.69, 9.17) is 5.73 Å². The molecule has 56 valence electrons. The van der Waals surface area contributed by atoms with E-state index in [-0.39, 0.29) is 0 Å². The molecular formula is C8H14N2. The van der Waals surface area contributed by atoms with Crippen molar-refractivity contribution >= 4 is 0 Å². The van der Waals surface area contributed by atoms with Crippen LogP contribution in [0.15, 0.2) is 36.6 Å². The highest BCUT2D eigenvalue weighted by Crippen LogP contribution is 1.93. The number of hydrogen-bond acceptors (Lipinski definition) is 2. The average Bonchev–Trinajstić information content (AvgIpc) is 1.90. The Balaban J connectivity index is 3.96. The summed E-state index contributed by atoms with van der Waals surface area (Å²) in [5.74, 6) is 0. The molecule has 0 rings (SSSR count). The second-order valence-corrected chi connectivity index (χ2v) is 1.87. The van der Waals surface area contributed by atoms with E-state index in [1.54, 1.807) is 6.08 Å². The predicted molar refractivity (Wildman–Crippen MR) is 45.5 cm³/mol. The van der Waals surface area contributed by atoms with Crippen molar-refractivity contribution < 1.29 is 0 Å². The molecule has 0 saturated heterocycles. The van der Waals surface area contributed by atoms with Gasteiger partial charge in [-0.2, -0.15) is 0 Å². The lowest BCUT2D eigenvalue weighted by molar-refractivity contribution is 0.895. The van der Waals surface area contributed by atoms with Crippen LogP contribution in [0.25, 0.3) is 0 Å². The lowest BCUT2D eigenvalue weighted by atomic mass is 10.2. The molecule has 0 fully saturated rings. The molecule has 2 heteroatoms. The molecule has 0 aromatic rings. The van der Waals surface area contributed by atoms with Gasteiger partial charge in [-0.25, -0.2) is 0 Å². The van der Waals surface area contributed by atoms with Crippen molar-refractivity contribution in [3.8, 4) is 0 Å². The molecule has 0 aliphatic heterocycles. The maximum Gasteiger partial charge on any atom is 0.0203 e. The summed E-state index contributed by atoms with van der Waals surface area (Å²) in [7, 11) is 1.89. The van der Waals surface area contributed by atoms with Crippen molar-refractivity contribution in [2.45, 2.75) is 0 Å². The summed E-state index contributed by atoms with van der Waals surface area (Å²) in [4.78, 5) is 0. The van der Waals surface area contributed by atoms with Crippen molar-refractivity contribution in [1.82, 2.24) is 5.32 Å². The van der Waals surface area contributed by atoms with E-state index in [9.17, 15) is 0 Å². The average molecular weight is 138 g/mol. The second kappa shape index (κ2) is 6.11. The fourth-order valence-corrected chi connectivity index (χ4v) is 0.653. The molecule has 0 atom stereocenters. The van der Waals surface area contributed by atoms with Gasteiger partial charge in [-0.05, 0) is 24.9 Å². The van der Waals surface area contributed by atoms with E-state index < -0.39 is 0 Å². The first kappa shape index (κ1) is 8.98. The van der Waals surface area contributed by atoms with Gasteiger partial charge in [-0.15, -0.1) is 0 Å². The van der Waals surface area contributed by atoms with E-state index in [0.29, 0.717) is 0 Å². The van der Waals surface area contributed by atoms with Crippen molar-refractivity contribution in [2.24, 2.45) is 5.73 Å². The molecule has 0 saturated carbocycles. The lowest BCUT2D eigenvalue weighted by Gasteiger charge is -1.97. The molecule has 0 aromatic carbocycles. The quantitative estimate of drug-likeness (QED) is 0.564. The van der Waals surface area contributed by atoms with Crippen LogP contribution in [-0.2, 0) is 0 Å². The Morgan fingerprint density at radius 2 is 2.40 bits per heavy atom. The minimum Gasteiger partial charge on any atom is -0.405 e. The van der Waals surface area contributed by atoms with Gasteiger partial charge < -0.3 is 11.1 Å². The molecule has 0 aliphatic carbocycles. The normalized spacial score (nSPS) is 12.3. The standard InChI is InChI=1S/C8H14N2/c1-3-4-8(5-6-9)7-10-2/h3-6,10H,1,7,9H2,2H3/b6-5-,8-4+. The Morgan fingerprint density at radius 1 is 1.70 bits per heavy atom. The number of rotatable bonds is 4. The first-order chi connectivity index (χ1) is 4.85. The highest BCUT2D eigenvalue weighted by Gasteiger charge is 1.85. The van der Waals surface area contributed by atoms with Gasteiger partial charge in [0.1, 0.15) is 0 Å². The molecule has 0 spiro atoms. The zero-order chi connectivity index (χ0) is 7.82. The zero-order valence-corrected chi connectivity index (χ0v) is 6.30. The molecule has 0 aromatic heterocycles. The Bertz CT molecular complexity index is 145. The smallest absolute Gasteiger partial charge is 0.0203 e. The van der Waals surface area contributed by atoms with Crippen LogP contribution in [0.2, 0.25) is 0 Å². The molecule has 0 bridgehead atoms. The lowest BCUT2D eigenvalue weighted by Crippen LogP contribution is -2.09. The van der Waals surface area contributed by atoms with E-state index >= 15 is 0 Å². The summed E-state index contributed by atoms with van der Waals surface area (Å²) in [6.07, 6.45) is 7.03. The van der Waals surface area contributed by atoms with Gasteiger partial charge in [0.25, 0.3) is 0 Å². The van der Waals surface area contributed by atoms with Crippen LogP contribution in [0.5, 0.6) is 0 Å². The maximum atomic E-state index is 5.21. The summed E-state index contributed by atoms with van der Waals surface area (Å²) in [6, 6.07) is 0. The van der Waals surface area contributed by atoms with Gasteiger partial charge in [0.2, 0.25) is 0 Å². The van der Waals surface area contributed by atoms with Crippen LogP contribution >= 0.6 is 0 Å². The van der Waals surface area contributed by atoms with Crippen LogP contribution < -0.4 is 11.1 Å². The molecule has 0 amide bonds. The minimum atomic E-state index is 0.819. The van der Waals surface area contributed by atoms with Gasteiger partial charge in [-0.1, -0.05) is 18.7 Å². The highest BCUT2D eigenvalue weighted by molar-refractivity contribution is 5.23. The summed E-state index contributed by atoms with van der Waals surface area (Å²) in [5, 5.41) is 3.01. The maximum absolute atomic E-state index is 5.21. The summed E-state index contributed by atoms with van der Waals surface area (Å²) in [5.41, 5.74) is 6.33. The van der Waals surface area contributed by atoms with Gasteiger partial charge >= 0.3 is 0 Å². The van der Waals surface area contributed by atoms with Crippen LogP contribution in [-0.4, -0.2) is 13.6 Å². The molecule has 10 heavy (non-hydrogen) atoms. The van der Waals surface area contributed by atoms with E-state index in [1.807, 2.05) is 19.2 Å². The SMILES string of the molecule is C=C/C=C(\C=C/N)CNC. The van der Waals surface area contributed by atoms with Gasteiger partial charge in [-0.3, -0.25) is 0 Å². The third kappa shape index (κ3) is 3.92. The summed E-state index contributed by atoms with van der Waals surface area (Å²) < 4.78 is 0. The molecule has 0 heterocycles. The Labute approximate surface area is 62.1 Å². The molecule has 2 nitrogen and oxygen atoms in total. The number of likely N-dealkylation sites (N-methyl/N-ethyl adjacent to an activating group) is 1. The monoisotopic (exact) mass is 138 g/mol. The van der Waals surface area contributed by atoms with E-state index in [1.165, 1.54) is 6.20 Å². The number of allylic oxidation sites excluding steroid dienone is 2. The molecule has 0 aliphatic rings. The predicted octanol–water partition coefficient (Wildman–Crippen LogP) is 0.791. The number of nitrogens with one attached hydrogen (secondary N) is 1. The minimum absolute atomic E-state index is 0.819. The van der Waals surface area contributed by atoms with Crippen molar-refractivity contribution in [3.63, 3.8) is 0 Å². The highest BCUT2D eigenvalue weighted by atomic mass is 14.8. The van der Waals surface area contributed by atoms with Crippen molar-refractivity contribution in [2.75, 3.05) is 13.6 Å². The Hall–Kier alpha value is -1.02. The van der Waals surface area contributed by atoms with Crippen LogP contribution in [0.1, 0.15) is 0 Å². The topological polar surface area (TPSA) is 38.0 Å². The first-order valence-electron chi connectivity index (χ1n) is 3.19. The van der Waals surface area contributed by atoms with Gasteiger partial charge in [0, 0.05) is 6.54 Å². The fraction of sp³-hybridized carbons (Fsp3) is 0.250. The van der Waals surface area contributed by atoms with Crippen molar-refractivity contribution in [1.29, 1.82) is 0 Å². The molecule has 3 N–H and O–H groups in total. The van der Waals surface area contributed by atoms with Gasteiger partial charge in [0.05, 0.1) is 0 Å². The zero-order valence-electron chi connectivity index (χ0n) is 6.30. The third-order valence-electron chi connectivity index (χ3n) is 1.02. The first-order valence-corrected chi connectivity index (χ1v) is 3.19. The number of hydrogen-bond donors (Lipinski definition) is 2. The number of nitrogens with two attached hydrogens (primary N) is 1.